The third-order valence-corrected chi connectivity index (χ3v) is 8.07. The van der Waals surface area contributed by atoms with E-state index in [-0.39, 0.29) is 10.8 Å². The van der Waals surface area contributed by atoms with Crippen LogP contribution in [0.4, 0.5) is 0 Å². The van der Waals surface area contributed by atoms with Crippen LogP contribution < -0.4 is 0 Å². The number of nitrogens with zero attached hydrogens (tertiary/aromatic N) is 2. The first-order chi connectivity index (χ1) is 16.5. The number of alkyl halides is 2. The first kappa shape index (κ1) is 28.7. The number of hydrogen-bond donors (Lipinski definition) is 0. The van der Waals surface area contributed by atoms with Crippen LogP contribution in [0.3, 0.4) is 0 Å². The molecule has 2 nitrogen and oxygen atoms in total. The van der Waals surface area contributed by atoms with Crippen LogP contribution in [0.2, 0.25) is 0 Å². The Labute approximate surface area is 218 Å². The molecule has 1 aliphatic rings. The molecule has 4 atom stereocenters. The number of halogens is 2. The van der Waals surface area contributed by atoms with E-state index < -0.39 is 0 Å². The zero-order valence-electron chi connectivity index (χ0n) is 21.2. The van der Waals surface area contributed by atoms with E-state index in [1.165, 1.54) is 49.4 Å². The van der Waals surface area contributed by atoms with E-state index >= 15 is 0 Å². The van der Waals surface area contributed by atoms with E-state index in [4.69, 9.17) is 28.5 Å². The second-order valence-corrected chi connectivity index (χ2v) is 10.5. The Morgan fingerprint density at radius 3 is 2.15 bits per heavy atom. The molecule has 34 heavy (non-hydrogen) atoms. The Kier molecular flexibility index (Phi) is 13.7. The summed E-state index contributed by atoms with van der Waals surface area (Å²) in [7, 11) is 0. The molecule has 0 aromatic heterocycles. The van der Waals surface area contributed by atoms with E-state index in [1.54, 1.807) is 6.07 Å². The van der Waals surface area contributed by atoms with E-state index in [0.717, 1.165) is 38.6 Å². The van der Waals surface area contributed by atoms with Gasteiger partial charge in [0.25, 0.3) is 0 Å². The zero-order valence-corrected chi connectivity index (χ0v) is 22.7. The van der Waals surface area contributed by atoms with Crippen molar-refractivity contribution in [1.29, 1.82) is 5.26 Å². The summed E-state index contributed by atoms with van der Waals surface area (Å²) in [6, 6.07) is 22.6. The lowest BCUT2D eigenvalue weighted by Gasteiger charge is -2.31. The first-order valence-electron chi connectivity index (χ1n) is 13.0. The molecule has 0 saturated heterocycles. The average molecular weight is 502 g/mol. The maximum absolute atomic E-state index is 7.32. The van der Waals surface area contributed by atoms with Gasteiger partial charge < -0.3 is 4.90 Å². The van der Waals surface area contributed by atoms with Crippen LogP contribution in [-0.4, -0.2) is 34.8 Å². The average Bonchev–Trinajstić information content (AvgIpc) is 2.86. The normalized spacial score (nSPS) is 20.8. The fourth-order valence-corrected chi connectivity index (χ4v) is 5.57. The van der Waals surface area contributed by atoms with Gasteiger partial charge in [-0.1, -0.05) is 68.4 Å². The standard InChI is InChI=1S/C28H39Cl2N.C2H3N/c1-3-19-31(20-18-22-8-6-5-7-9-22)26(4-2)16-12-23-10-13-24(14-11-23)25-15-17-27(29)28(30)21-25;1-2-3/h5-11,13-14,25-28H,3-4,12,15-21H2,1-2H3;1H3. The number of hydrogen-bond acceptors (Lipinski definition) is 2. The van der Waals surface area contributed by atoms with Gasteiger partial charge in [0.1, 0.15) is 0 Å². The largest absolute Gasteiger partial charge is 0.300 e. The van der Waals surface area contributed by atoms with Gasteiger partial charge in [-0.3, -0.25) is 0 Å². The molecule has 0 spiro atoms. The van der Waals surface area contributed by atoms with Gasteiger partial charge in [0, 0.05) is 24.9 Å². The molecule has 4 unspecified atom stereocenters. The second-order valence-electron chi connectivity index (χ2n) is 9.38. The summed E-state index contributed by atoms with van der Waals surface area (Å²) >= 11 is 12.7. The SMILES string of the molecule is CC#N.CCCN(CCc1ccccc1)C(CC)CCc1ccc(C2CCC(Cl)C(Cl)C2)cc1. The third-order valence-electron chi connectivity index (χ3n) is 6.94. The fourth-order valence-electron chi connectivity index (χ4n) is 5.00. The quantitative estimate of drug-likeness (QED) is 0.289. The third kappa shape index (κ3) is 9.61. The van der Waals surface area contributed by atoms with E-state index in [1.807, 2.05) is 0 Å². The van der Waals surface area contributed by atoms with Gasteiger partial charge in [0.05, 0.1) is 11.4 Å². The van der Waals surface area contributed by atoms with Crippen LogP contribution in [0.5, 0.6) is 0 Å². The Hall–Kier alpha value is -1.53. The molecular formula is C30H42Cl2N2. The van der Waals surface area contributed by atoms with Crippen molar-refractivity contribution in [2.24, 2.45) is 0 Å². The Morgan fingerprint density at radius 1 is 0.912 bits per heavy atom. The summed E-state index contributed by atoms with van der Waals surface area (Å²) in [5.41, 5.74) is 4.33. The predicted octanol–water partition coefficient (Wildman–Crippen LogP) is 8.36. The van der Waals surface area contributed by atoms with Crippen molar-refractivity contribution < 1.29 is 0 Å². The maximum atomic E-state index is 7.32. The lowest BCUT2D eigenvalue weighted by molar-refractivity contribution is 0.183. The van der Waals surface area contributed by atoms with Crippen LogP contribution in [-0.2, 0) is 12.8 Å². The minimum atomic E-state index is 0.103. The topological polar surface area (TPSA) is 27.0 Å². The van der Waals surface area contributed by atoms with Gasteiger partial charge in [-0.05, 0) is 80.5 Å². The molecule has 0 N–H and O–H groups in total. The molecule has 1 aliphatic carbocycles. The van der Waals surface area contributed by atoms with Crippen LogP contribution in [0.15, 0.2) is 54.6 Å². The lowest BCUT2D eigenvalue weighted by Crippen LogP contribution is -2.37. The predicted molar refractivity (Wildman–Crippen MR) is 148 cm³/mol. The Bertz CT molecular complexity index is 831. The highest BCUT2D eigenvalue weighted by atomic mass is 35.5. The molecule has 0 radical (unpaired) electrons. The Balaban J connectivity index is 0.00000129. The molecule has 0 amide bonds. The molecule has 4 heteroatoms. The first-order valence-corrected chi connectivity index (χ1v) is 13.8. The van der Waals surface area contributed by atoms with Crippen molar-refractivity contribution in [1.82, 2.24) is 4.90 Å². The van der Waals surface area contributed by atoms with Crippen LogP contribution in [0.25, 0.3) is 0 Å². The van der Waals surface area contributed by atoms with Crippen molar-refractivity contribution in [3.8, 4) is 6.07 Å². The number of aryl methyl sites for hydroxylation is 1. The molecule has 3 rings (SSSR count). The fraction of sp³-hybridized carbons (Fsp3) is 0.567. The molecule has 186 valence electrons. The van der Waals surface area contributed by atoms with Gasteiger partial charge in [0.2, 0.25) is 0 Å². The summed E-state index contributed by atoms with van der Waals surface area (Å²) in [5.74, 6) is 0.563. The highest BCUT2D eigenvalue weighted by Gasteiger charge is 2.28. The molecular weight excluding hydrogens is 459 g/mol. The molecule has 0 aliphatic heterocycles. The second kappa shape index (κ2) is 16.2. The van der Waals surface area contributed by atoms with Crippen molar-refractivity contribution in [2.75, 3.05) is 13.1 Å². The van der Waals surface area contributed by atoms with Crippen molar-refractivity contribution in [3.05, 3.63) is 71.3 Å². The van der Waals surface area contributed by atoms with E-state index in [2.05, 4.69) is 73.3 Å². The van der Waals surface area contributed by atoms with Gasteiger partial charge in [0.15, 0.2) is 0 Å². The number of benzene rings is 2. The van der Waals surface area contributed by atoms with Gasteiger partial charge in [-0.15, -0.1) is 23.2 Å². The van der Waals surface area contributed by atoms with Crippen molar-refractivity contribution in [3.63, 3.8) is 0 Å². The summed E-state index contributed by atoms with van der Waals surface area (Å²) in [5, 5.41) is 7.56. The van der Waals surface area contributed by atoms with Crippen LogP contribution in [0.1, 0.15) is 81.9 Å². The summed E-state index contributed by atoms with van der Waals surface area (Å²) < 4.78 is 0. The Morgan fingerprint density at radius 2 is 1.56 bits per heavy atom. The van der Waals surface area contributed by atoms with Gasteiger partial charge in [-0.2, -0.15) is 5.26 Å². The smallest absolute Gasteiger partial charge is 0.0587 e. The highest BCUT2D eigenvalue weighted by molar-refractivity contribution is 6.30. The lowest BCUT2D eigenvalue weighted by atomic mass is 9.83. The zero-order chi connectivity index (χ0) is 24.8. The van der Waals surface area contributed by atoms with Crippen LogP contribution >= 0.6 is 23.2 Å². The minimum absolute atomic E-state index is 0.103. The van der Waals surface area contributed by atoms with Crippen molar-refractivity contribution >= 4 is 23.2 Å². The van der Waals surface area contributed by atoms with Crippen LogP contribution in [0, 0.1) is 11.3 Å². The molecule has 0 bridgehead atoms. The molecule has 2 aromatic carbocycles. The molecule has 1 saturated carbocycles. The van der Waals surface area contributed by atoms with Gasteiger partial charge in [-0.25, -0.2) is 0 Å². The van der Waals surface area contributed by atoms with E-state index in [0.29, 0.717) is 12.0 Å². The van der Waals surface area contributed by atoms with Gasteiger partial charge >= 0.3 is 0 Å². The molecule has 1 fully saturated rings. The highest BCUT2D eigenvalue weighted by Crippen LogP contribution is 2.37. The molecule has 0 heterocycles. The summed E-state index contributed by atoms with van der Waals surface area (Å²) in [4.78, 5) is 2.71. The molecule has 2 aromatic rings. The maximum Gasteiger partial charge on any atom is 0.0587 e. The van der Waals surface area contributed by atoms with E-state index in [9.17, 15) is 0 Å². The summed E-state index contributed by atoms with van der Waals surface area (Å²) in [6.07, 6.45) is 9.12. The minimum Gasteiger partial charge on any atom is -0.300 e. The number of nitriles is 1. The monoisotopic (exact) mass is 500 g/mol. The van der Waals surface area contributed by atoms with Crippen molar-refractivity contribution in [2.45, 2.75) is 94.9 Å². The summed E-state index contributed by atoms with van der Waals surface area (Å²) in [6.45, 7) is 8.41. The number of rotatable bonds is 11.